The number of rotatable bonds is 10. The molecule has 3 rings (SSSR count). The second kappa shape index (κ2) is 13.5. The van der Waals surface area contributed by atoms with Crippen LogP contribution in [0.5, 0.6) is 0 Å². The summed E-state index contributed by atoms with van der Waals surface area (Å²) in [6, 6.07) is 3.88. The summed E-state index contributed by atoms with van der Waals surface area (Å²) in [6.45, 7) is 13.9. The second-order valence-corrected chi connectivity index (χ2v) is 11.2. The van der Waals surface area contributed by atoms with Gasteiger partial charge in [0, 0.05) is 13.0 Å². The lowest BCUT2D eigenvalue weighted by Crippen LogP contribution is -2.57. The molecule has 1 aromatic carbocycles. The van der Waals surface area contributed by atoms with Crippen molar-refractivity contribution in [3.05, 3.63) is 54.1 Å². The number of hydrogen-bond donors (Lipinski definition) is 1. The van der Waals surface area contributed by atoms with Crippen LogP contribution in [0.3, 0.4) is 0 Å². The summed E-state index contributed by atoms with van der Waals surface area (Å²) >= 11 is 0. The monoisotopic (exact) mass is 555 g/mol. The number of nitrogens with zero attached hydrogens (tertiary/aromatic N) is 2. The Morgan fingerprint density at radius 2 is 1.90 bits per heavy atom. The lowest BCUT2D eigenvalue weighted by molar-refractivity contribution is -0.152. The Morgan fingerprint density at radius 1 is 1.15 bits per heavy atom. The van der Waals surface area contributed by atoms with Gasteiger partial charge in [0.25, 0.3) is 0 Å². The van der Waals surface area contributed by atoms with E-state index in [1.165, 1.54) is 12.0 Å². The van der Waals surface area contributed by atoms with Crippen LogP contribution in [0.1, 0.15) is 63.1 Å². The Balaban J connectivity index is 1.68. The molecular formula is C30H41N3O7. The summed E-state index contributed by atoms with van der Waals surface area (Å²) in [4.78, 5) is 54.9. The molecule has 3 amide bonds. The van der Waals surface area contributed by atoms with Crippen molar-refractivity contribution in [2.75, 3.05) is 20.3 Å². The van der Waals surface area contributed by atoms with Crippen LogP contribution in [0.2, 0.25) is 0 Å². The van der Waals surface area contributed by atoms with E-state index in [1.54, 1.807) is 17.1 Å². The number of ether oxygens (including phenoxy) is 3. The van der Waals surface area contributed by atoms with Crippen LogP contribution in [0, 0.1) is 5.41 Å². The number of hydrogen-bond acceptors (Lipinski definition) is 7. The van der Waals surface area contributed by atoms with Gasteiger partial charge in [-0.05, 0) is 41.4 Å². The molecule has 10 nitrogen and oxygen atoms in total. The van der Waals surface area contributed by atoms with Gasteiger partial charge in [0.15, 0.2) is 0 Å². The SMILES string of the molecule is C=CCCCCOC(=O)N[C@H](C(=O)N1C[C@H](OC(=O)N2Cc3cccc(C=C)c3C2)C[C@H]1C(=O)OC)C(C)(C)C. The maximum atomic E-state index is 13.8. The third kappa shape index (κ3) is 7.43. The topological polar surface area (TPSA) is 114 Å². The van der Waals surface area contributed by atoms with Crippen LogP contribution in [-0.4, -0.2) is 72.3 Å². The number of unbranched alkanes of at least 4 members (excludes halogenated alkanes) is 2. The van der Waals surface area contributed by atoms with Gasteiger partial charge in [-0.3, -0.25) is 9.69 Å². The number of likely N-dealkylation sites (tertiary alicyclic amines) is 1. The fraction of sp³-hybridized carbons (Fsp3) is 0.533. The summed E-state index contributed by atoms with van der Waals surface area (Å²) in [5.41, 5.74) is 2.32. The lowest BCUT2D eigenvalue weighted by atomic mass is 9.85. The summed E-state index contributed by atoms with van der Waals surface area (Å²) in [5.74, 6) is -1.09. The minimum atomic E-state index is -0.986. The van der Waals surface area contributed by atoms with Crippen molar-refractivity contribution in [3.8, 4) is 0 Å². The molecule has 218 valence electrons. The standard InChI is InChI=1S/C30H41N3O7/c1-7-9-10-11-15-39-28(36)31-25(30(3,4)5)26(34)33-18-22(16-24(33)27(35)38-6)40-29(37)32-17-21-14-12-13-20(8-2)23(21)19-32/h7-8,12-14,22,24-25H,1-2,9-11,15-19H2,3-6H3,(H,31,36)/t22-,24+,25-/m1/s1. The Bertz CT molecular complexity index is 1130. The Hall–Kier alpha value is -3.82. The molecule has 40 heavy (non-hydrogen) atoms. The molecule has 2 aliphatic rings. The number of esters is 1. The Kier molecular flexibility index (Phi) is 10.4. The zero-order chi connectivity index (χ0) is 29.4. The number of amides is 3. The number of benzene rings is 1. The fourth-order valence-corrected chi connectivity index (χ4v) is 5.00. The summed E-state index contributed by atoms with van der Waals surface area (Å²) < 4.78 is 16.0. The third-order valence-corrected chi connectivity index (χ3v) is 7.19. The minimum absolute atomic E-state index is 0.00605. The van der Waals surface area contributed by atoms with Crippen LogP contribution in [0.4, 0.5) is 9.59 Å². The number of carbonyl (C=O) groups excluding carboxylic acids is 4. The van der Waals surface area contributed by atoms with Crippen molar-refractivity contribution in [1.29, 1.82) is 0 Å². The fourth-order valence-electron chi connectivity index (χ4n) is 5.00. The van der Waals surface area contributed by atoms with Crippen molar-refractivity contribution in [1.82, 2.24) is 15.1 Å². The summed E-state index contributed by atoms with van der Waals surface area (Å²) in [5, 5.41) is 2.67. The van der Waals surface area contributed by atoms with E-state index in [9.17, 15) is 19.2 Å². The van der Waals surface area contributed by atoms with Crippen LogP contribution < -0.4 is 5.32 Å². The quantitative estimate of drug-likeness (QED) is 0.197. The maximum absolute atomic E-state index is 13.8. The van der Waals surface area contributed by atoms with E-state index in [0.29, 0.717) is 19.5 Å². The highest BCUT2D eigenvalue weighted by atomic mass is 16.6. The summed E-state index contributed by atoms with van der Waals surface area (Å²) in [6.07, 6.45) is 4.03. The summed E-state index contributed by atoms with van der Waals surface area (Å²) in [7, 11) is 1.24. The molecule has 0 spiro atoms. The maximum Gasteiger partial charge on any atom is 0.410 e. The molecular weight excluding hydrogens is 514 g/mol. The number of nitrogens with one attached hydrogen (secondary N) is 1. The van der Waals surface area contributed by atoms with E-state index in [0.717, 1.165) is 29.5 Å². The highest BCUT2D eigenvalue weighted by Crippen LogP contribution is 2.30. The van der Waals surface area contributed by atoms with Gasteiger partial charge in [0.2, 0.25) is 5.91 Å². The second-order valence-electron chi connectivity index (χ2n) is 11.2. The van der Waals surface area contributed by atoms with Gasteiger partial charge in [0.1, 0.15) is 18.2 Å². The molecule has 2 aliphatic heterocycles. The Labute approximate surface area is 236 Å². The number of allylic oxidation sites excluding steroid dienone is 1. The lowest BCUT2D eigenvalue weighted by Gasteiger charge is -2.34. The number of fused-ring (bicyclic) bond motifs is 1. The number of alkyl carbamates (subject to hydrolysis) is 1. The highest BCUT2D eigenvalue weighted by molar-refractivity contribution is 5.91. The first-order valence-corrected chi connectivity index (χ1v) is 13.6. The number of carbonyl (C=O) groups is 4. The predicted molar refractivity (Wildman–Crippen MR) is 150 cm³/mol. The first-order valence-electron chi connectivity index (χ1n) is 13.6. The smallest absolute Gasteiger partial charge is 0.410 e. The van der Waals surface area contributed by atoms with Gasteiger partial charge < -0.3 is 24.4 Å². The normalized spacial score (nSPS) is 18.9. The third-order valence-electron chi connectivity index (χ3n) is 7.19. The first-order chi connectivity index (χ1) is 19.0. The molecule has 1 aromatic rings. The molecule has 2 heterocycles. The van der Waals surface area contributed by atoms with Crippen LogP contribution in [-0.2, 0) is 36.9 Å². The minimum Gasteiger partial charge on any atom is -0.467 e. The van der Waals surface area contributed by atoms with Crippen LogP contribution in [0.15, 0.2) is 37.4 Å². The van der Waals surface area contributed by atoms with E-state index >= 15 is 0 Å². The number of methoxy groups -OCH3 is 1. The molecule has 0 aliphatic carbocycles. The molecule has 0 saturated carbocycles. The van der Waals surface area contributed by atoms with E-state index in [1.807, 2.05) is 39.0 Å². The van der Waals surface area contributed by atoms with Crippen molar-refractivity contribution >= 4 is 30.1 Å². The van der Waals surface area contributed by atoms with Crippen molar-refractivity contribution in [2.45, 2.75) is 77.7 Å². The van der Waals surface area contributed by atoms with E-state index in [4.69, 9.17) is 14.2 Å². The van der Waals surface area contributed by atoms with E-state index < -0.39 is 47.7 Å². The van der Waals surface area contributed by atoms with Crippen LogP contribution >= 0.6 is 0 Å². The molecule has 3 atom stereocenters. The molecule has 1 saturated heterocycles. The zero-order valence-electron chi connectivity index (χ0n) is 23.9. The van der Waals surface area contributed by atoms with E-state index in [-0.39, 0.29) is 19.6 Å². The zero-order valence-corrected chi connectivity index (χ0v) is 23.9. The van der Waals surface area contributed by atoms with Crippen molar-refractivity contribution in [2.24, 2.45) is 5.41 Å². The van der Waals surface area contributed by atoms with Gasteiger partial charge in [0.05, 0.1) is 26.8 Å². The molecule has 1 N–H and O–H groups in total. The largest absolute Gasteiger partial charge is 0.467 e. The van der Waals surface area contributed by atoms with Crippen molar-refractivity contribution in [3.63, 3.8) is 0 Å². The van der Waals surface area contributed by atoms with Gasteiger partial charge in [-0.2, -0.15) is 0 Å². The van der Waals surface area contributed by atoms with E-state index in [2.05, 4.69) is 18.5 Å². The molecule has 0 aromatic heterocycles. The van der Waals surface area contributed by atoms with Crippen molar-refractivity contribution < 1.29 is 33.4 Å². The molecule has 0 radical (unpaired) electrons. The molecule has 10 heteroatoms. The van der Waals surface area contributed by atoms with Gasteiger partial charge in [-0.25, -0.2) is 14.4 Å². The predicted octanol–water partition coefficient (Wildman–Crippen LogP) is 4.42. The molecule has 0 unspecified atom stereocenters. The molecule has 1 fully saturated rings. The Morgan fingerprint density at radius 3 is 2.55 bits per heavy atom. The first kappa shape index (κ1) is 30.7. The highest BCUT2D eigenvalue weighted by Gasteiger charge is 2.47. The molecule has 0 bridgehead atoms. The van der Waals surface area contributed by atoms with Gasteiger partial charge >= 0.3 is 18.2 Å². The van der Waals surface area contributed by atoms with Crippen LogP contribution in [0.25, 0.3) is 6.08 Å². The van der Waals surface area contributed by atoms with Gasteiger partial charge in [-0.15, -0.1) is 6.58 Å². The van der Waals surface area contributed by atoms with Gasteiger partial charge in [-0.1, -0.05) is 57.7 Å². The average molecular weight is 556 g/mol. The average Bonchev–Trinajstić information content (AvgIpc) is 3.55.